The van der Waals surface area contributed by atoms with Crippen LogP contribution in [-0.4, -0.2) is 50.2 Å². The minimum Gasteiger partial charge on any atom is -0.333 e. The van der Waals surface area contributed by atoms with Gasteiger partial charge in [-0.05, 0) is 51.1 Å². The molecule has 2 aromatic heterocycles. The maximum absolute atomic E-state index is 13.6. The molecule has 1 amide bonds. The molecule has 29 heavy (non-hydrogen) atoms. The van der Waals surface area contributed by atoms with Crippen LogP contribution < -0.4 is 10.9 Å². The van der Waals surface area contributed by atoms with Crippen LogP contribution in [0.1, 0.15) is 25.6 Å². The van der Waals surface area contributed by atoms with Gasteiger partial charge in [-0.3, -0.25) is 14.3 Å². The predicted molar refractivity (Wildman–Crippen MR) is 113 cm³/mol. The standard InChI is InChI=1S/C20H24N6O2.ClH/c1-2-25(14-17-23-16-7-4-3-6-15(16)18(27)24-17)19(28)20(8-11-21-12-9-20)26-13-5-10-22-26;/h3-7,10,13,21H,2,8-9,11-12,14H2,1H3,(H,23,24,27);1H. The van der Waals surface area contributed by atoms with Crippen molar-refractivity contribution in [3.05, 3.63) is 58.9 Å². The number of carbonyl (C=O) groups excluding carboxylic acids is 1. The lowest BCUT2D eigenvalue weighted by atomic mass is 9.86. The quantitative estimate of drug-likeness (QED) is 0.659. The smallest absolute Gasteiger partial charge is 0.258 e. The lowest BCUT2D eigenvalue weighted by molar-refractivity contribution is -0.143. The second-order valence-electron chi connectivity index (χ2n) is 7.08. The van der Waals surface area contributed by atoms with Gasteiger partial charge in [0.1, 0.15) is 11.4 Å². The molecule has 1 saturated heterocycles. The molecule has 0 aliphatic carbocycles. The Hall–Kier alpha value is -2.71. The van der Waals surface area contributed by atoms with E-state index in [-0.39, 0.29) is 30.4 Å². The number of para-hydroxylation sites is 1. The third kappa shape index (κ3) is 3.90. The fraction of sp³-hybridized carbons (Fsp3) is 0.400. The number of H-pyrrole nitrogens is 1. The molecule has 1 aliphatic heterocycles. The molecule has 1 aromatic carbocycles. The van der Waals surface area contributed by atoms with E-state index < -0.39 is 5.54 Å². The van der Waals surface area contributed by atoms with Gasteiger partial charge in [0, 0.05) is 18.9 Å². The summed E-state index contributed by atoms with van der Waals surface area (Å²) < 4.78 is 1.79. The summed E-state index contributed by atoms with van der Waals surface area (Å²) >= 11 is 0. The Morgan fingerprint density at radius 2 is 2.00 bits per heavy atom. The van der Waals surface area contributed by atoms with Gasteiger partial charge in [0.15, 0.2) is 0 Å². The zero-order valence-electron chi connectivity index (χ0n) is 16.3. The molecule has 0 unspecified atom stereocenters. The number of aromatic nitrogens is 4. The van der Waals surface area contributed by atoms with Crippen LogP contribution in [0.4, 0.5) is 0 Å². The molecule has 0 radical (unpaired) electrons. The summed E-state index contributed by atoms with van der Waals surface area (Å²) in [5.41, 5.74) is -0.261. The van der Waals surface area contributed by atoms with E-state index in [0.29, 0.717) is 36.1 Å². The summed E-state index contributed by atoms with van der Waals surface area (Å²) in [4.78, 5) is 35.1. The Balaban J connectivity index is 0.00000240. The van der Waals surface area contributed by atoms with Crippen molar-refractivity contribution in [1.29, 1.82) is 0 Å². The van der Waals surface area contributed by atoms with Crippen molar-refractivity contribution in [1.82, 2.24) is 30.0 Å². The van der Waals surface area contributed by atoms with Crippen molar-refractivity contribution in [2.45, 2.75) is 31.8 Å². The molecule has 0 bridgehead atoms. The van der Waals surface area contributed by atoms with Gasteiger partial charge in [0.2, 0.25) is 0 Å². The summed E-state index contributed by atoms with van der Waals surface area (Å²) in [5.74, 6) is 0.499. The van der Waals surface area contributed by atoms with E-state index in [0.717, 1.165) is 13.1 Å². The second kappa shape index (κ2) is 8.75. The van der Waals surface area contributed by atoms with Crippen molar-refractivity contribution >= 4 is 29.2 Å². The number of carbonyl (C=O) groups is 1. The molecule has 8 nitrogen and oxygen atoms in total. The van der Waals surface area contributed by atoms with Gasteiger partial charge in [-0.15, -0.1) is 12.4 Å². The van der Waals surface area contributed by atoms with Crippen LogP contribution >= 0.6 is 12.4 Å². The van der Waals surface area contributed by atoms with E-state index in [9.17, 15) is 9.59 Å². The van der Waals surface area contributed by atoms with Crippen LogP contribution in [0.5, 0.6) is 0 Å². The Morgan fingerprint density at radius 1 is 1.24 bits per heavy atom. The molecule has 1 aliphatic rings. The van der Waals surface area contributed by atoms with Crippen molar-refractivity contribution in [2.24, 2.45) is 0 Å². The van der Waals surface area contributed by atoms with Gasteiger partial charge in [0.05, 0.1) is 17.4 Å². The van der Waals surface area contributed by atoms with Crippen LogP contribution in [0.15, 0.2) is 47.5 Å². The highest BCUT2D eigenvalue weighted by atomic mass is 35.5. The Kier molecular flexibility index (Phi) is 6.34. The first-order chi connectivity index (χ1) is 13.6. The van der Waals surface area contributed by atoms with Gasteiger partial charge in [0.25, 0.3) is 11.5 Å². The van der Waals surface area contributed by atoms with Gasteiger partial charge in [-0.2, -0.15) is 5.10 Å². The number of piperidine rings is 1. The van der Waals surface area contributed by atoms with Crippen molar-refractivity contribution < 1.29 is 4.79 Å². The van der Waals surface area contributed by atoms with Gasteiger partial charge >= 0.3 is 0 Å². The third-order valence-electron chi connectivity index (χ3n) is 5.44. The van der Waals surface area contributed by atoms with E-state index in [2.05, 4.69) is 20.4 Å². The molecular weight excluding hydrogens is 392 g/mol. The lowest BCUT2D eigenvalue weighted by Gasteiger charge is -2.39. The minimum atomic E-state index is -0.706. The number of amides is 1. The Morgan fingerprint density at radius 3 is 2.69 bits per heavy atom. The zero-order valence-corrected chi connectivity index (χ0v) is 17.1. The highest BCUT2D eigenvalue weighted by Crippen LogP contribution is 2.29. The highest BCUT2D eigenvalue weighted by molar-refractivity contribution is 5.85. The summed E-state index contributed by atoms with van der Waals surface area (Å²) in [6, 6.07) is 9.06. The molecular formula is C20H25ClN6O2. The van der Waals surface area contributed by atoms with Gasteiger partial charge in [-0.1, -0.05) is 12.1 Å². The van der Waals surface area contributed by atoms with Crippen LogP contribution in [0.25, 0.3) is 10.9 Å². The Labute approximate surface area is 174 Å². The van der Waals surface area contributed by atoms with Gasteiger partial charge in [-0.25, -0.2) is 4.98 Å². The number of hydrogen-bond donors (Lipinski definition) is 2. The fourth-order valence-corrected chi connectivity index (χ4v) is 3.92. The first kappa shape index (κ1) is 21.0. The first-order valence-electron chi connectivity index (χ1n) is 9.62. The monoisotopic (exact) mass is 416 g/mol. The van der Waals surface area contributed by atoms with E-state index in [4.69, 9.17) is 0 Å². The topological polar surface area (TPSA) is 95.9 Å². The minimum absolute atomic E-state index is 0. The molecule has 0 atom stereocenters. The fourth-order valence-electron chi connectivity index (χ4n) is 3.92. The molecule has 3 heterocycles. The third-order valence-corrected chi connectivity index (χ3v) is 5.44. The van der Waals surface area contributed by atoms with Crippen molar-refractivity contribution in [2.75, 3.05) is 19.6 Å². The predicted octanol–water partition coefficient (Wildman–Crippen LogP) is 1.67. The zero-order chi connectivity index (χ0) is 19.6. The van der Waals surface area contributed by atoms with Crippen LogP contribution in [0.3, 0.4) is 0 Å². The number of benzene rings is 1. The largest absolute Gasteiger partial charge is 0.333 e. The summed E-state index contributed by atoms with van der Waals surface area (Å²) in [6.45, 7) is 4.23. The van der Waals surface area contributed by atoms with E-state index >= 15 is 0 Å². The van der Waals surface area contributed by atoms with Crippen LogP contribution in [0.2, 0.25) is 0 Å². The average molecular weight is 417 g/mol. The average Bonchev–Trinajstić information content (AvgIpc) is 3.27. The molecule has 2 N–H and O–H groups in total. The van der Waals surface area contributed by atoms with E-state index in [1.54, 1.807) is 21.8 Å². The maximum atomic E-state index is 13.6. The second-order valence-corrected chi connectivity index (χ2v) is 7.08. The summed E-state index contributed by atoms with van der Waals surface area (Å²) in [7, 11) is 0. The SMILES string of the molecule is CCN(Cc1nc2ccccc2c(=O)[nH]1)C(=O)C1(n2cccn2)CCNCC1.Cl. The first-order valence-corrected chi connectivity index (χ1v) is 9.62. The normalized spacial score (nSPS) is 15.6. The van der Waals surface area contributed by atoms with Gasteiger partial charge < -0.3 is 15.2 Å². The number of fused-ring (bicyclic) bond motifs is 1. The van der Waals surface area contributed by atoms with Crippen LogP contribution in [-0.2, 0) is 16.9 Å². The van der Waals surface area contributed by atoms with Crippen molar-refractivity contribution in [3.8, 4) is 0 Å². The molecule has 0 saturated carbocycles. The van der Waals surface area contributed by atoms with Crippen molar-refractivity contribution in [3.63, 3.8) is 0 Å². The molecule has 154 valence electrons. The number of halogens is 1. The van der Waals surface area contributed by atoms with E-state index in [1.165, 1.54) is 0 Å². The highest BCUT2D eigenvalue weighted by Gasteiger charge is 2.44. The Bertz CT molecular complexity index is 1030. The molecule has 1 fully saturated rings. The number of hydrogen-bond acceptors (Lipinski definition) is 5. The number of likely N-dealkylation sites (N-methyl/N-ethyl adjacent to an activating group) is 1. The molecule has 3 aromatic rings. The number of nitrogens with one attached hydrogen (secondary N) is 2. The van der Waals surface area contributed by atoms with Crippen LogP contribution in [0, 0.1) is 0 Å². The van der Waals surface area contributed by atoms with E-state index in [1.807, 2.05) is 37.4 Å². The number of aromatic amines is 1. The summed E-state index contributed by atoms with van der Waals surface area (Å²) in [5, 5.41) is 8.25. The molecule has 9 heteroatoms. The number of rotatable bonds is 5. The maximum Gasteiger partial charge on any atom is 0.258 e. The summed E-state index contributed by atoms with van der Waals surface area (Å²) in [6.07, 6.45) is 4.90. The lowest BCUT2D eigenvalue weighted by Crippen LogP contribution is -2.55. The molecule has 0 spiro atoms. The number of nitrogens with zero attached hydrogens (tertiary/aromatic N) is 4. The molecule has 4 rings (SSSR count).